The molecule has 0 fully saturated rings. The Morgan fingerprint density at radius 2 is 1.73 bits per heavy atom. The van der Waals surface area contributed by atoms with E-state index < -0.39 is 0 Å². The average molecular weight is 386 g/mol. The summed E-state index contributed by atoms with van der Waals surface area (Å²) in [4.78, 5) is 0. The van der Waals surface area contributed by atoms with Crippen molar-refractivity contribution in [2.75, 3.05) is 0 Å². The summed E-state index contributed by atoms with van der Waals surface area (Å²) in [7, 11) is 0. The molecule has 0 unspecified atom stereocenters. The topological polar surface area (TPSA) is 29.3 Å². The number of hydrogen-bond acceptors (Lipinski definition) is 2. The molecule has 1 heterocycles. The van der Waals surface area contributed by atoms with Gasteiger partial charge in [-0.3, -0.25) is 0 Å². The van der Waals surface area contributed by atoms with Gasteiger partial charge in [-0.1, -0.05) is 41.4 Å². The molecule has 0 aliphatic carbocycles. The zero-order chi connectivity index (χ0) is 18.7. The van der Waals surface area contributed by atoms with Gasteiger partial charge in [-0.05, 0) is 62.2 Å². The van der Waals surface area contributed by atoms with Crippen LogP contribution in [0.1, 0.15) is 28.1 Å². The fourth-order valence-corrected chi connectivity index (χ4v) is 3.19. The molecule has 0 atom stereocenters. The van der Waals surface area contributed by atoms with Gasteiger partial charge < -0.3 is 9.99 Å². The van der Waals surface area contributed by atoms with Gasteiger partial charge in [0, 0.05) is 32.7 Å². The first-order chi connectivity index (χ1) is 12.5. The van der Waals surface area contributed by atoms with E-state index >= 15 is 0 Å². The molecule has 0 saturated carbocycles. The zero-order valence-corrected chi connectivity index (χ0v) is 16.6. The van der Waals surface area contributed by atoms with Crippen molar-refractivity contribution in [1.29, 1.82) is 0 Å². The molecule has 0 aliphatic rings. The molecule has 1 N–H and O–H groups in total. The minimum absolute atomic E-state index is 0.653. The number of rotatable bonds is 5. The average Bonchev–Trinajstić information content (AvgIpc) is 2.90. The highest BCUT2D eigenvalue weighted by Crippen LogP contribution is 2.24. The van der Waals surface area contributed by atoms with Gasteiger partial charge in [0.25, 0.3) is 0 Å². The molecule has 0 spiro atoms. The SMILES string of the molecule is Cc1ccc(-n2c(C)cc(/C=N\NCc3ccc(Cl)cc3)c2C)cc1Cl. The number of nitrogens with one attached hydrogen (secondary N) is 1. The molecule has 3 nitrogen and oxygen atoms in total. The molecule has 0 bridgehead atoms. The van der Waals surface area contributed by atoms with Crippen molar-refractivity contribution in [2.45, 2.75) is 27.3 Å². The Morgan fingerprint density at radius 3 is 2.42 bits per heavy atom. The number of aryl methyl sites for hydroxylation is 2. The first-order valence-corrected chi connectivity index (χ1v) is 9.17. The lowest BCUT2D eigenvalue weighted by Gasteiger charge is -2.11. The van der Waals surface area contributed by atoms with E-state index in [0.29, 0.717) is 6.54 Å². The lowest BCUT2D eigenvalue weighted by molar-refractivity contribution is 0.748. The Labute approximate surface area is 164 Å². The Morgan fingerprint density at radius 1 is 1.00 bits per heavy atom. The van der Waals surface area contributed by atoms with Crippen LogP contribution in [0.15, 0.2) is 53.6 Å². The van der Waals surface area contributed by atoms with Crippen molar-refractivity contribution in [3.05, 3.63) is 86.7 Å². The highest BCUT2D eigenvalue weighted by molar-refractivity contribution is 6.31. The van der Waals surface area contributed by atoms with Crippen molar-refractivity contribution < 1.29 is 0 Å². The van der Waals surface area contributed by atoms with Crippen LogP contribution < -0.4 is 5.43 Å². The largest absolute Gasteiger partial charge is 0.318 e. The Kier molecular flexibility index (Phi) is 5.70. The first-order valence-electron chi connectivity index (χ1n) is 8.41. The predicted octanol–water partition coefficient (Wildman–Crippen LogP) is 5.83. The van der Waals surface area contributed by atoms with Crippen LogP contribution in [0.25, 0.3) is 5.69 Å². The zero-order valence-electron chi connectivity index (χ0n) is 15.1. The molecule has 1 aromatic heterocycles. The Bertz CT molecular complexity index is 941. The molecule has 3 aromatic rings. The molecule has 26 heavy (non-hydrogen) atoms. The monoisotopic (exact) mass is 385 g/mol. The maximum Gasteiger partial charge on any atom is 0.0580 e. The van der Waals surface area contributed by atoms with Crippen molar-refractivity contribution >= 4 is 29.4 Å². The van der Waals surface area contributed by atoms with E-state index in [1.54, 1.807) is 0 Å². The summed E-state index contributed by atoms with van der Waals surface area (Å²) in [5.74, 6) is 0. The van der Waals surface area contributed by atoms with E-state index in [2.05, 4.69) is 41.1 Å². The van der Waals surface area contributed by atoms with E-state index in [4.69, 9.17) is 23.2 Å². The minimum atomic E-state index is 0.653. The number of aromatic nitrogens is 1. The maximum atomic E-state index is 6.29. The molecule has 134 valence electrons. The Balaban J connectivity index is 1.75. The number of benzene rings is 2. The summed E-state index contributed by atoms with van der Waals surface area (Å²) in [5, 5.41) is 5.86. The third-order valence-electron chi connectivity index (χ3n) is 4.38. The molecular weight excluding hydrogens is 365 g/mol. The molecule has 0 radical (unpaired) electrons. The predicted molar refractivity (Wildman–Crippen MR) is 111 cm³/mol. The molecule has 0 aliphatic heterocycles. The minimum Gasteiger partial charge on any atom is -0.318 e. The Hall–Kier alpha value is -2.23. The second-order valence-electron chi connectivity index (χ2n) is 6.31. The van der Waals surface area contributed by atoms with Gasteiger partial charge in [0.15, 0.2) is 0 Å². The fraction of sp³-hybridized carbons (Fsp3) is 0.190. The molecule has 3 rings (SSSR count). The second-order valence-corrected chi connectivity index (χ2v) is 7.16. The molecule has 5 heteroatoms. The molecule has 2 aromatic carbocycles. The van der Waals surface area contributed by atoms with Crippen LogP contribution >= 0.6 is 23.2 Å². The van der Waals surface area contributed by atoms with Gasteiger partial charge in [0.2, 0.25) is 0 Å². The quantitative estimate of drug-likeness (QED) is 0.434. The molecular formula is C21H21Cl2N3. The third kappa shape index (κ3) is 4.12. The standard InChI is InChI=1S/C21H21Cl2N3/c1-14-4-9-20(11-21(14)23)26-15(2)10-18(16(26)3)13-25-24-12-17-5-7-19(22)8-6-17/h4-11,13,24H,12H2,1-3H3/b25-13-. The lowest BCUT2D eigenvalue weighted by atomic mass is 10.2. The van der Waals surface area contributed by atoms with Crippen LogP contribution in [-0.4, -0.2) is 10.8 Å². The van der Waals surface area contributed by atoms with Crippen LogP contribution in [0.3, 0.4) is 0 Å². The van der Waals surface area contributed by atoms with Gasteiger partial charge in [-0.25, -0.2) is 0 Å². The van der Waals surface area contributed by atoms with Crippen LogP contribution in [-0.2, 0) is 6.54 Å². The molecule has 0 amide bonds. The van der Waals surface area contributed by atoms with Gasteiger partial charge in [0.1, 0.15) is 0 Å². The first kappa shape index (κ1) is 18.6. The fourth-order valence-electron chi connectivity index (χ4n) is 2.89. The van der Waals surface area contributed by atoms with Crippen molar-refractivity contribution in [2.24, 2.45) is 5.10 Å². The second kappa shape index (κ2) is 7.98. The highest BCUT2D eigenvalue weighted by Gasteiger charge is 2.10. The van der Waals surface area contributed by atoms with Crippen LogP contribution in [0.4, 0.5) is 0 Å². The smallest absolute Gasteiger partial charge is 0.0580 e. The number of nitrogens with zero attached hydrogens (tertiary/aromatic N) is 2. The summed E-state index contributed by atoms with van der Waals surface area (Å²) in [6.45, 7) is 6.83. The van der Waals surface area contributed by atoms with Crippen LogP contribution in [0, 0.1) is 20.8 Å². The van der Waals surface area contributed by atoms with E-state index in [9.17, 15) is 0 Å². The van der Waals surface area contributed by atoms with Crippen molar-refractivity contribution in [1.82, 2.24) is 9.99 Å². The van der Waals surface area contributed by atoms with E-state index in [-0.39, 0.29) is 0 Å². The van der Waals surface area contributed by atoms with Gasteiger partial charge >= 0.3 is 0 Å². The normalized spacial score (nSPS) is 11.3. The summed E-state index contributed by atoms with van der Waals surface area (Å²) in [6, 6.07) is 16.0. The van der Waals surface area contributed by atoms with Crippen LogP contribution in [0.5, 0.6) is 0 Å². The van der Waals surface area contributed by atoms with E-state index in [0.717, 1.165) is 43.8 Å². The van der Waals surface area contributed by atoms with E-state index in [1.807, 2.05) is 49.5 Å². The van der Waals surface area contributed by atoms with Crippen molar-refractivity contribution in [3.8, 4) is 5.69 Å². The molecule has 0 saturated heterocycles. The lowest BCUT2D eigenvalue weighted by Crippen LogP contribution is -2.05. The summed E-state index contributed by atoms with van der Waals surface area (Å²) < 4.78 is 2.19. The van der Waals surface area contributed by atoms with E-state index in [1.165, 1.54) is 0 Å². The van der Waals surface area contributed by atoms with Gasteiger partial charge in [0.05, 0.1) is 12.8 Å². The summed E-state index contributed by atoms with van der Waals surface area (Å²) in [5.41, 5.74) is 9.68. The highest BCUT2D eigenvalue weighted by atomic mass is 35.5. The van der Waals surface area contributed by atoms with Gasteiger partial charge in [-0.15, -0.1) is 0 Å². The maximum absolute atomic E-state index is 6.29. The number of hydrazone groups is 1. The van der Waals surface area contributed by atoms with Gasteiger partial charge in [-0.2, -0.15) is 5.10 Å². The third-order valence-corrected chi connectivity index (χ3v) is 5.03. The summed E-state index contributed by atoms with van der Waals surface area (Å²) >= 11 is 12.2. The van der Waals surface area contributed by atoms with Crippen molar-refractivity contribution in [3.63, 3.8) is 0 Å². The summed E-state index contributed by atoms with van der Waals surface area (Å²) in [6.07, 6.45) is 1.85. The van der Waals surface area contributed by atoms with Crippen LogP contribution in [0.2, 0.25) is 10.0 Å². The number of halogens is 2. The number of hydrogen-bond donors (Lipinski definition) is 1.